The summed E-state index contributed by atoms with van der Waals surface area (Å²) in [5, 5.41) is 21.2. The van der Waals surface area contributed by atoms with Crippen molar-refractivity contribution >= 4 is 41.7 Å². The number of thiazole rings is 1. The average Bonchev–Trinajstić information content (AvgIpc) is 2.64. The Hall–Kier alpha value is -1.87. The molecule has 0 saturated carbocycles. The molecule has 0 bridgehead atoms. The van der Waals surface area contributed by atoms with Crippen LogP contribution in [0.3, 0.4) is 0 Å². The van der Waals surface area contributed by atoms with Crippen LogP contribution in [0.2, 0.25) is 0 Å². The van der Waals surface area contributed by atoms with Crippen LogP contribution >= 0.6 is 23.6 Å². The van der Waals surface area contributed by atoms with Crippen molar-refractivity contribution in [2.75, 3.05) is 0 Å². The first kappa shape index (κ1) is 19.2. The van der Waals surface area contributed by atoms with Gasteiger partial charge >= 0.3 is 12.1 Å². The highest BCUT2D eigenvalue weighted by atomic mass is 32.1. The molecule has 7 nitrogen and oxygen atoms in total. The lowest BCUT2D eigenvalue weighted by Crippen LogP contribution is -2.29. The molecule has 0 fully saturated rings. The van der Waals surface area contributed by atoms with Gasteiger partial charge in [0.05, 0.1) is 4.88 Å². The first-order valence-electron chi connectivity index (χ1n) is 6.90. The van der Waals surface area contributed by atoms with E-state index < -0.39 is 17.7 Å². The fourth-order valence-corrected chi connectivity index (χ4v) is 2.86. The van der Waals surface area contributed by atoms with Gasteiger partial charge in [0.1, 0.15) is 5.60 Å². The van der Waals surface area contributed by atoms with Gasteiger partial charge in [0.15, 0.2) is 3.95 Å². The highest BCUT2D eigenvalue weighted by Crippen LogP contribution is 2.27. The number of carboxylic acids is 1. The van der Waals surface area contributed by atoms with Crippen molar-refractivity contribution < 1.29 is 24.5 Å². The zero-order valence-electron chi connectivity index (χ0n) is 13.2. The van der Waals surface area contributed by atoms with Crippen molar-refractivity contribution in [2.45, 2.75) is 45.8 Å². The second-order valence-electron chi connectivity index (χ2n) is 5.68. The summed E-state index contributed by atoms with van der Waals surface area (Å²) in [6.45, 7) is 5.58. The zero-order chi connectivity index (χ0) is 17.6. The minimum absolute atomic E-state index is 0.00241. The van der Waals surface area contributed by atoms with E-state index in [4.69, 9.17) is 22.1 Å². The van der Waals surface area contributed by atoms with Gasteiger partial charge in [-0.15, -0.1) is 11.3 Å². The maximum Gasteiger partial charge on any atom is 0.411 e. The van der Waals surface area contributed by atoms with E-state index in [0.29, 0.717) is 21.8 Å². The molecule has 0 aliphatic rings. The van der Waals surface area contributed by atoms with Crippen molar-refractivity contribution in [3.63, 3.8) is 0 Å². The Morgan fingerprint density at radius 2 is 2.09 bits per heavy atom. The molecular weight excluding hydrogens is 340 g/mol. The molecule has 0 radical (unpaired) electrons. The van der Waals surface area contributed by atoms with E-state index in [1.807, 2.05) is 0 Å². The van der Waals surface area contributed by atoms with Gasteiger partial charge in [0.25, 0.3) is 0 Å². The van der Waals surface area contributed by atoms with Crippen LogP contribution in [-0.2, 0) is 16.1 Å². The maximum absolute atomic E-state index is 11.5. The summed E-state index contributed by atoms with van der Waals surface area (Å²) >= 11 is 6.31. The lowest BCUT2D eigenvalue weighted by molar-refractivity contribution is -0.137. The van der Waals surface area contributed by atoms with Crippen LogP contribution in [-0.4, -0.2) is 32.4 Å². The maximum atomic E-state index is 11.5. The summed E-state index contributed by atoms with van der Waals surface area (Å²) < 4.78 is 6.97. The molecule has 1 heterocycles. The number of nitrogens with zero attached hydrogens (tertiary/aromatic N) is 1. The molecule has 1 rings (SSSR count). The van der Waals surface area contributed by atoms with Crippen LogP contribution in [0.1, 0.15) is 38.5 Å². The van der Waals surface area contributed by atoms with E-state index in [1.165, 1.54) is 28.2 Å². The molecule has 9 heteroatoms. The smallest absolute Gasteiger partial charge is 0.411 e. The number of carbonyl (C=O) groups excluding carboxylic acids is 1. The zero-order valence-corrected chi connectivity index (χ0v) is 14.8. The van der Waals surface area contributed by atoms with E-state index in [2.05, 4.69) is 5.32 Å². The highest BCUT2D eigenvalue weighted by Gasteiger charge is 2.15. The first-order valence-corrected chi connectivity index (χ1v) is 8.13. The number of aromatic hydroxyl groups is 1. The van der Waals surface area contributed by atoms with Crippen molar-refractivity contribution in [1.29, 1.82) is 0 Å². The third-order valence-electron chi connectivity index (χ3n) is 2.50. The number of carbonyl (C=O) groups is 2. The molecule has 0 aliphatic heterocycles. The van der Waals surface area contributed by atoms with E-state index in [-0.39, 0.29) is 12.3 Å². The van der Waals surface area contributed by atoms with Gasteiger partial charge in [0, 0.05) is 19.2 Å². The van der Waals surface area contributed by atoms with Crippen LogP contribution in [0, 0.1) is 3.95 Å². The van der Waals surface area contributed by atoms with E-state index >= 15 is 0 Å². The number of hydrogen-bond acceptors (Lipinski definition) is 6. The van der Waals surface area contributed by atoms with Gasteiger partial charge in [-0.2, -0.15) is 0 Å². The number of aliphatic carboxylic acids is 1. The molecule has 0 atom stereocenters. The normalized spacial score (nSPS) is 11.6. The summed E-state index contributed by atoms with van der Waals surface area (Å²) in [7, 11) is 0. The molecule has 3 N–H and O–H groups in total. The molecule has 23 heavy (non-hydrogen) atoms. The number of ether oxygens (including phenoxy) is 1. The Labute approximate surface area is 143 Å². The van der Waals surface area contributed by atoms with Crippen molar-refractivity contribution in [2.24, 2.45) is 0 Å². The van der Waals surface area contributed by atoms with E-state index in [1.54, 1.807) is 20.8 Å². The summed E-state index contributed by atoms with van der Waals surface area (Å²) in [6.07, 6.45) is 2.64. The SMILES string of the molecule is CC(C)(C)OC(=O)NC=Cc1sc(=S)n(CCCC(=O)O)c1O. The van der Waals surface area contributed by atoms with E-state index in [9.17, 15) is 14.7 Å². The molecule has 0 spiro atoms. The summed E-state index contributed by atoms with van der Waals surface area (Å²) in [5.74, 6) is -0.944. The number of aromatic nitrogens is 1. The van der Waals surface area contributed by atoms with Crippen LogP contribution in [0.15, 0.2) is 6.20 Å². The molecule has 0 aromatic carbocycles. The molecule has 1 aromatic rings. The Balaban J connectivity index is 2.68. The van der Waals surface area contributed by atoms with Crippen LogP contribution in [0.25, 0.3) is 6.08 Å². The van der Waals surface area contributed by atoms with Gasteiger partial charge in [-0.05, 0) is 45.5 Å². The fraction of sp³-hybridized carbons (Fsp3) is 0.500. The Morgan fingerprint density at radius 1 is 1.43 bits per heavy atom. The monoisotopic (exact) mass is 360 g/mol. The summed E-state index contributed by atoms with van der Waals surface area (Å²) in [5.41, 5.74) is -0.593. The number of rotatable bonds is 6. The number of hydrogen-bond donors (Lipinski definition) is 3. The fourth-order valence-electron chi connectivity index (χ4n) is 1.60. The van der Waals surface area contributed by atoms with Crippen LogP contribution in [0.5, 0.6) is 5.88 Å². The summed E-state index contributed by atoms with van der Waals surface area (Å²) in [6, 6.07) is 0. The molecule has 0 unspecified atom stereocenters. The Kier molecular flexibility index (Phi) is 6.77. The van der Waals surface area contributed by atoms with Gasteiger partial charge in [-0.25, -0.2) is 4.79 Å². The second kappa shape index (κ2) is 8.11. The Morgan fingerprint density at radius 3 is 2.65 bits per heavy atom. The predicted molar refractivity (Wildman–Crippen MR) is 90.1 cm³/mol. The van der Waals surface area contributed by atoms with E-state index in [0.717, 1.165) is 0 Å². The van der Waals surface area contributed by atoms with Gasteiger partial charge in [-0.1, -0.05) is 0 Å². The first-order chi connectivity index (χ1) is 10.6. The lowest BCUT2D eigenvalue weighted by atomic mass is 10.2. The largest absolute Gasteiger partial charge is 0.493 e. The molecule has 128 valence electrons. The minimum Gasteiger partial charge on any atom is -0.493 e. The minimum atomic E-state index is -0.895. The van der Waals surface area contributed by atoms with Gasteiger partial charge < -0.3 is 14.9 Å². The third-order valence-corrected chi connectivity index (χ3v) is 3.90. The molecule has 1 aromatic heterocycles. The Bertz CT molecular complexity index is 655. The number of amides is 1. The van der Waals surface area contributed by atoms with Crippen molar-refractivity contribution in [3.05, 3.63) is 15.0 Å². The summed E-state index contributed by atoms with van der Waals surface area (Å²) in [4.78, 5) is 22.5. The van der Waals surface area contributed by atoms with Crippen molar-refractivity contribution in [3.8, 4) is 5.88 Å². The third kappa shape index (κ3) is 6.83. The highest BCUT2D eigenvalue weighted by molar-refractivity contribution is 7.73. The number of carboxylic acid groups (broad SMARTS) is 1. The predicted octanol–water partition coefficient (Wildman–Crippen LogP) is 3.34. The number of nitrogens with one attached hydrogen (secondary N) is 1. The molecular formula is C14H20N2O5S2. The standard InChI is InChI=1S/C14H20N2O5S2/c1-14(2,3)21-12(20)15-7-6-9-11(19)16(13(22)23-9)8-4-5-10(17)18/h6-7,19H,4-5,8H2,1-3H3,(H,15,20)(H,17,18). The van der Waals surface area contributed by atoms with Crippen molar-refractivity contribution in [1.82, 2.24) is 9.88 Å². The second-order valence-corrected chi connectivity index (χ2v) is 7.36. The van der Waals surface area contributed by atoms with Gasteiger partial charge in [0.2, 0.25) is 5.88 Å². The average molecular weight is 360 g/mol. The van der Waals surface area contributed by atoms with Crippen LogP contribution < -0.4 is 5.32 Å². The molecule has 0 aliphatic carbocycles. The topological polar surface area (TPSA) is 101 Å². The molecule has 1 amide bonds. The lowest BCUT2D eigenvalue weighted by Gasteiger charge is -2.18. The molecule has 0 saturated heterocycles. The number of alkyl carbamates (subject to hydrolysis) is 1. The van der Waals surface area contributed by atoms with Crippen LogP contribution in [0.4, 0.5) is 4.79 Å². The quantitative estimate of drug-likeness (QED) is 0.673. The van der Waals surface area contributed by atoms with Gasteiger partial charge in [-0.3, -0.25) is 14.7 Å².